The van der Waals surface area contributed by atoms with E-state index in [0.717, 1.165) is 16.7 Å². The molecular formula is C23H23N5O3. The highest BCUT2D eigenvalue weighted by atomic mass is 16.5. The lowest BCUT2D eigenvalue weighted by Crippen LogP contribution is -2.32. The summed E-state index contributed by atoms with van der Waals surface area (Å²) in [6.07, 6.45) is 4.27. The van der Waals surface area contributed by atoms with Crippen molar-refractivity contribution < 1.29 is 14.3 Å². The smallest absolute Gasteiger partial charge is 0.308 e. The molecule has 1 aliphatic heterocycles. The molecule has 31 heavy (non-hydrogen) atoms. The van der Waals surface area contributed by atoms with Crippen LogP contribution in [0.5, 0.6) is 0 Å². The highest BCUT2D eigenvalue weighted by Crippen LogP contribution is 2.33. The maximum atomic E-state index is 12.5. The molecule has 0 bridgehead atoms. The molecule has 0 radical (unpaired) electrons. The van der Waals surface area contributed by atoms with E-state index in [0.29, 0.717) is 18.8 Å². The lowest BCUT2D eigenvalue weighted by Gasteiger charge is -2.32. The lowest BCUT2D eigenvalue weighted by atomic mass is 9.94. The van der Waals surface area contributed by atoms with Crippen molar-refractivity contribution in [1.29, 1.82) is 0 Å². The number of hydrogen-bond donors (Lipinski definition) is 0. The van der Waals surface area contributed by atoms with E-state index in [1.807, 2.05) is 60.7 Å². The number of carbonyl (C=O) groups excluding carboxylic acids is 2. The Labute approximate surface area is 180 Å². The van der Waals surface area contributed by atoms with Crippen molar-refractivity contribution in [3.63, 3.8) is 0 Å². The van der Waals surface area contributed by atoms with Crippen molar-refractivity contribution in [2.45, 2.75) is 32.4 Å². The maximum Gasteiger partial charge on any atom is 0.308 e. The van der Waals surface area contributed by atoms with E-state index in [1.54, 1.807) is 11.1 Å². The molecule has 0 aliphatic carbocycles. The van der Waals surface area contributed by atoms with Crippen LogP contribution in [-0.2, 0) is 20.9 Å². The van der Waals surface area contributed by atoms with Gasteiger partial charge in [0.05, 0.1) is 25.6 Å². The third-order valence-corrected chi connectivity index (χ3v) is 5.08. The molecule has 1 unspecified atom stereocenters. The summed E-state index contributed by atoms with van der Waals surface area (Å²) in [5, 5.41) is 12.4. The number of carbonyl (C=O) groups is 2. The SMILES string of the molecule is CC(=O)N1C=Cc2ccccc2C1CC(=O)OCCCn1nnc(-c2ccccc2)n1. The number of ether oxygens (including phenoxy) is 1. The Morgan fingerprint density at radius 3 is 2.65 bits per heavy atom. The molecule has 2 heterocycles. The predicted octanol–water partition coefficient (Wildman–Crippen LogP) is 3.24. The Hall–Kier alpha value is -3.81. The first-order valence-corrected chi connectivity index (χ1v) is 10.2. The first-order valence-electron chi connectivity index (χ1n) is 10.2. The fourth-order valence-corrected chi connectivity index (χ4v) is 3.56. The molecule has 0 saturated heterocycles. The number of esters is 1. The van der Waals surface area contributed by atoms with Gasteiger partial charge in [-0.1, -0.05) is 54.6 Å². The average Bonchev–Trinajstić information content (AvgIpc) is 3.26. The molecule has 0 fully saturated rings. The van der Waals surface area contributed by atoms with Gasteiger partial charge in [-0.3, -0.25) is 9.59 Å². The van der Waals surface area contributed by atoms with Crippen molar-refractivity contribution >= 4 is 18.0 Å². The minimum absolute atomic E-state index is 0.0979. The Balaban J connectivity index is 1.29. The van der Waals surface area contributed by atoms with E-state index in [2.05, 4.69) is 15.4 Å². The second-order valence-corrected chi connectivity index (χ2v) is 7.24. The average molecular weight is 417 g/mol. The molecule has 1 amide bonds. The van der Waals surface area contributed by atoms with Crippen LogP contribution in [0.15, 0.2) is 60.8 Å². The zero-order valence-corrected chi connectivity index (χ0v) is 17.2. The van der Waals surface area contributed by atoms with Gasteiger partial charge in [0, 0.05) is 25.1 Å². The number of aryl methyl sites for hydroxylation is 1. The Morgan fingerprint density at radius 2 is 1.84 bits per heavy atom. The van der Waals surface area contributed by atoms with Crippen LogP contribution in [0.1, 0.15) is 36.9 Å². The van der Waals surface area contributed by atoms with E-state index < -0.39 is 0 Å². The third kappa shape index (κ3) is 4.85. The van der Waals surface area contributed by atoms with Crippen LogP contribution in [0.25, 0.3) is 17.5 Å². The summed E-state index contributed by atoms with van der Waals surface area (Å²) < 4.78 is 5.41. The number of hydrogen-bond acceptors (Lipinski definition) is 6. The van der Waals surface area contributed by atoms with Gasteiger partial charge in [-0.15, -0.1) is 10.2 Å². The summed E-state index contributed by atoms with van der Waals surface area (Å²) in [7, 11) is 0. The molecule has 8 nitrogen and oxygen atoms in total. The second-order valence-electron chi connectivity index (χ2n) is 7.24. The fraction of sp³-hybridized carbons (Fsp3) is 0.261. The van der Waals surface area contributed by atoms with Gasteiger partial charge >= 0.3 is 5.97 Å². The van der Waals surface area contributed by atoms with E-state index in [-0.39, 0.29) is 30.9 Å². The molecule has 0 spiro atoms. The van der Waals surface area contributed by atoms with Crippen molar-refractivity contribution in [2.24, 2.45) is 0 Å². The minimum atomic E-state index is -0.364. The molecule has 1 aromatic heterocycles. The number of tetrazole rings is 1. The second kappa shape index (κ2) is 9.34. The van der Waals surface area contributed by atoms with Gasteiger partial charge in [0.25, 0.3) is 0 Å². The monoisotopic (exact) mass is 417 g/mol. The van der Waals surface area contributed by atoms with Crippen LogP contribution < -0.4 is 0 Å². The number of rotatable bonds is 7. The highest BCUT2D eigenvalue weighted by Gasteiger charge is 2.28. The number of benzene rings is 2. The van der Waals surface area contributed by atoms with Crippen molar-refractivity contribution in [2.75, 3.05) is 6.61 Å². The first-order chi connectivity index (χ1) is 15.1. The van der Waals surface area contributed by atoms with Crippen LogP contribution in [-0.4, -0.2) is 43.6 Å². The molecule has 3 aromatic rings. The van der Waals surface area contributed by atoms with Gasteiger partial charge in [0.1, 0.15) is 0 Å². The summed E-state index contributed by atoms with van der Waals surface area (Å²) >= 11 is 0. The van der Waals surface area contributed by atoms with Gasteiger partial charge in [0.15, 0.2) is 0 Å². The summed E-state index contributed by atoms with van der Waals surface area (Å²) in [5.74, 6) is 0.0962. The molecule has 4 rings (SSSR count). The van der Waals surface area contributed by atoms with Crippen LogP contribution in [0.3, 0.4) is 0 Å². The van der Waals surface area contributed by atoms with Crippen LogP contribution in [0.2, 0.25) is 0 Å². The van der Waals surface area contributed by atoms with E-state index >= 15 is 0 Å². The highest BCUT2D eigenvalue weighted by molar-refractivity contribution is 5.80. The summed E-state index contributed by atoms with van der Waals surface area (Å²) in [4.78, 5) is 27.6. The lowest BCUT2D eigenvalue weighted by molar-refractivity contribution is -0.145. The minimum Gasteiger partial charge on any atom is -0.466 e. The third-order valence-electron chi connectivity index (χ3n) is 5.08. The molecule has 0 N–H and O–H groups in total. The van der Waals surface area contributed by atoms with E-state index in [1.165, 1.54) is 11.7 Å². The van der Waals surface area contributed by atoms with E-state index in [9.17, 15) is 9.59 Å². The van der Waals surface area contributed by atoms with Gasteiger partial charge in [-0.2, -0.15) is 4.80 Å². The zero-order chi connectivity index (χ0) is 21.6. The van der Waals surface area contributed by atoms with Crippen LogP contribution >= 0.6 is 0 Å². The zero-order valence-electron chi connectivity index (χ0n) is 17.2. The maximum absolute atomic E-state index is 12.5. The predicted molar refractivity (Wildman–Crippen MR) is 114 cm³/mol. The normalized spacial score (nSPS) is 14.9. The number of aromatic nitrogens is 4. The van der Waals surface area contributed by atoms with Gasteiger partial charge in [-0.05, 0) is 22.4 Å². The molecular weight excluding hydrogens is 394 g/mol. The quantitative estimate of drug-likeness (QED) is 0.433. The van der Waals surface area contributed by atoms with Crippen molar-refractivity contribution in [3.8, 4) is 11.4 Å². The largest absolute Gasteiger partial charge is 0.466 e. The first kappa shape index (κ1) is 20.5. The number of fused-ring (bicyclic) bond motifs is 1. The molecule has 2 aromatic carbocycles. The molecule has 1 atom stereocenters. The van der Waals surface area contributed by atoms with E-state index in [4.69, 9.17) is 4.74 Å². The summed E-state index contributed by atoms with van der Waals surface area (Å²) in [5.41, 5.74) is 2.85. The van der Waals surface area contributed by atoms with Crippen LogP contribution in [0.4, 0.5) is 0 Å². The topological polar surface area (TPSA) is 90.2 Å². The van der Waals surface area contributed by atoms with Crippen molar-refractivity contribution in [1.82, 2.24) is 25.1 Å². The fourth-order valence-electron chi connectivity index (χ4n) is 3.56. The molecule has 0 saturated carbocycles. The van der Waals surface area contributed by atoms with Gasteiger partial charge < -0.3 is 9.64 Å². The summed E-state index contributed by atoms with van der Waals surface area (Å²) in [6, 6.07) is 17.0. The Kier molecular flexibility index (Phi) is 6.16. The van der Waals surface area contributed by atoms with Crippen LogP contribution in [0, 0.1) is 0 Å². The molecule has 1 aliphatic rings. The van der Waals surface area contributed by atoms with Gasteiger partial charge in [-0.25, -0.2) is 0 Å². The number of nitrogens with zero attached hydrogens (tertiary/aromatic N) is 5. The number of amides is 1. The summed E-state index contributed by atoms with van der Waals surface area (Å²) in [6.45, 7) is 2.22. The molecule has 158 valence electrons. The van der Waals surface area contributed by atoms with Gasteiger partial charge in [0.2, 0.25) is 11.7 Å². The molecule has 8 heteroatoms. The standard InChI is InChI=1S/C23H23N5O3/c1-17(29)27-14-12-18-8-5-6-11-20(18)21(27)16-22(30)31-15-7-13-28-25-23(24-26-28)19-9-3-2-4-10-19/h2-6,8-12,14,21H,7,13,15-16H2,1H3. The van der Waals surface area contributed by atoms with Crippen molar-refractivity contribution in [3.05, 3.63) is 71.9 Å². The Bertz CT molecular complexity index is 1090. The Morgan fingerprint density at radius 1 is 1.06 bits per heavy atom.